The standard InChI is InChI=1S/C17H15BrN2OS/c1-11-10-12(18)6-7-13(11)19-16(21)8-9-17-20-14-4-2-3-5-15(14)22-17/h2-7,10H,8-9H2,1H3,(H,19,21). The second-order valence-corrected chi connectivity index (χ2v) is 7.11. The van der Waals surface area contributed by atoms with Gasteiger partial charge in [0.1, 0.15) is 0 Å². The second-order valence-electron chi connectivity index (χ2n) is 5.08. The lowest BCUT2D eigenvalue weighted by atomic mass is 10.2. The van der Waals surface area contributed by atoms with E-state index in [0.29, 0.717) is 12.8 Å². The fraction of sp³-hybridized carbons (Fsp3) is 0.176. The Morgan fingerprint density at radius 1 is 1.27 bits per heavy atom. The number of carbonyl (C=O) groups excluding carboxylic acids is 1. The van der Waals surface area contributed by atoms with Crippen LogP contribution in [0, 0.1) is 6.92 Å². The zero-order valence-electron chi connectivity index (χ0n) is 12.1. The molecule has 112 valence electrons. The number of nitrogens with zero attached hydrogens (tertiary/aromatic N) is 1. The van der Waals surface area contributed by atoms with Crippen LogP contribution in [0.2, 0.25) is 0 Å². The molecular weight excluding hydrogens is 360 g/mol. The minimum absolute atomic E-state index is 0.0182. The fourth-order valence-electron chi connectivity index (χ4n) is 2.23. The number of fused-ring (bicyclic) bond motifs is 1. The Bertz CT molecular complexity index is 795. The van der Waals surface area contributed by atoms with Gasteiger partial charge in [0.15, 0.2) is 0 Å². The van der Waals surface area contributed by atoms with Gasteiger partial charge in [-0.15, -0.1) is 11.3 Å². The van der Waals surface area contributed by atoms with Gasteiger partial charge in [0.25, 0.3) is 0 Å². The van der Waals surface area contributed by atoms with Crippen molar-refractivity contribution in [3.63, 3.8) is 0 Å². The molecule has 0 spiro atoms. The first-order valence-electron chi connectivity index (χ1n) is 7.02. The topological polar surface area (TPSA) is 42.0 Å². The van der Waals surface area contributed by atoms with Gasteiger partial charge in [-0.3, -0.25) is 4.79 Å². The summed E-state index contributed by atoms with van der Waals surface area (Å²) in [6.45, 7) is 1.98. The number of carbonyl (C=O) groups is 1. The molecule has 0 saturated heterocycles. The summed E-state index contributed by atoms with van der Waals surface area (Å²) in [7, 11) is 0. The molecule has 0 aliphatic carbocycles. The number of hydrogen-bond acceptors (Lipinski definition) is 3. The summed E-state index contributed by atoms with van der Waals surface area (Å²) in [5, 5.41) is 3.96. The van der Waals surface area contributed by atoms with Crippen molar-refractivity contribution >= 4 is 49.1 Å². The molecule has 0 fully saturated rings. The Hall–Kier alpha value is -1.72. The molecule has 3 rings (SSSR count). The van der Waals surface area contributed by atoms with E-state index in [1.165, 1.54) is 4.70 Å². The van der Waals surface area contributed by atoms with Gasteiger partial charge in [-0.05, 0) is 42.8 Å². The lowest BCUT2D eigenvalue weighted by Gasteiger charge is -2.08. The van der Waals surface area contributed by atoms with Gasteiger partial charge >= 0.3 is 0 Å². The van der Waals surface area contributed by atoms with Crippen LogP contribution in [0.1, 0.15) is 17.0 Å². The van der Waals surface area contributed by atoms with E-state index in [0.717, 1.165) is 26.2 Å². The molecule has 0 unspecified atom stereocenters. The van der Waals surface area contributed by atoms with E-state index in [2.05, 4.69) is 32.3 Å². The molecule has 1 amide bonds. The maximum atomic E-state index is 12.1. The number of rotatable bonds is 4. The normalized spacial score (nSPS) is 10.8. The molecule has 0 aliphatic rings. The lowest BCUT2D eigenvalue weighted by molar-refractivity contribution is -0.116. The van der Waals surface area contributed by atoms with Crippen molar-refractivity contribution in [2.45, 2.75) is 19.8 Å². The number of anilines is 1. The monoisotopic (exact) mass is 374 g/mol. The quantitative estimate of drug-likeness (QED) is 0.702. The van der Waals surface area contributed by atoms with Crippen LogP contribution in [0.4, 0.5) is 5.69 Å². The first kappa shape index (κ1) is 15.2. The van der Waals surface area contributed by atoms with Crippen molar-refractivity contribution in [1.82, 2.24) is 4.98 Å². The molecule has 3 nitrogen and oxygen atoms in total. The molecule has 1 aromatic heterocycles. The van der Waals surface area contributed by atoms with Crippen LogP contribution in [0.5, 0.6) is 0 Å². The van der Waals surface area contributed by atoms with Gasteiger partial charge in [-0.25, -0.2) is 4.98 Å². The molecule has 0 aliphatic heterocycles. The van der Waals surface area contributed by atoms with Crippen molar-refractivity contribution in [2.75, 3.05) is 5.32 Å². The molecular formula is C17H15BrN2OS. The largest absolute Gasteiger partial charge is 0.326 e. The summed E-state index contributed by atoms with van der Waals surface area (Å²) in [4.78, 5) is 16.6. The van der Waals surface area contributed by atoms with Crippen LogP contribution >= 0.6 is 27.3 Å². The smallest absolute Gasteiger partial charge is 0.224 e. The molecule has 1 N–H and O–H groups in total. The molecule has 0 bridgehead atoms. The van der Waals surface area contributed by atoms with Crippen LogP contribution in [-0.4, -0.2) is 10.9 Å². The summed E-state index contributed by atoms with van der Waals surface area (Å²) in [6.07, 6.45) is 1.11. The Morgan fingerprint density at radius 2 is 2.09 bits per heavy atom. The molecule has 5 heteroatoms. The highest BCUT2D eigenvalue weighted by molar-refractivity contribution is 9.10. The van der Waals surface area contributed by atoms with Gasteiger partial charge in [0.05, 0.1) is 15.2 Å². The van der Waals surface area contributed by atoms with Gasteiger partial charge in [-0.1, -0.05) is 28.1 Å². The number of amides is 1. The number of halogens is 1. The Balaban J connectivity index is 1.62. The van der Waals surface area contributed by atoms with Crippen molar-refractivity contribution in [3.8, 4) is 0 Å². The zero-order chi connectivity index (χ0) is 15.5. The molecule has 2 aromatic carbocycles. The number of thiazole rings is 1. The third kappa shape index (κ3) is 3.54. The SMILES string of the molecule is Cc1cc(Br)ccc1NC(=O)CCc1nc2ccccc2s1. The van der Waals surface area contributed by atoms with E-state index >= 15 is 0 Å². The summed E-state index contributed by atoms with van der Waals surface area (Å²) < 4.78 is 2.18. The number of para-hydroxylation sites is 1. The lowest BCUT2D eigenvalue weighted by Crippen LogP contribution is -2.13. The summed E-state index contributed by atoms with van der Waals surface area (Å²) in [6, 6.07) is 13.9. The van der Waals surface area contributed by atoms with E-state index in [9.17, 15) is 4.79 Å². The number of benzene rings is 2. The van der Waals surface area contributed by atoms with Crippen LogP contribution in [0.15, 0.2) is 46.9 Å². The average molecular weight is 375 g/mol. The number of nitrogens with one attached hydrogen (secondary N) is 1. The third-order valence-corrected chi connectivity index (χ3v) is 4.96. The Labute approximate surface area is 141 Å². The molecule has 22 heavy (non-hydrogen) atoms. The highest BCUT2D eigenvalue weighted by Gasteiger charge is 2.08. The number of hydrogen-bond donors (Lipinski definition) is 1. The van der Waals surface area contributed by atoms with Gasteiger partial charge in [-0.2, -0.15) is 0 Å². The maximum absolute atomic E-state index is 12.1. The van der Waals surface area contributed by atoms with Crippen LogP contribution in [0.25, 0.3) is 10.2 Å². The van der Waals surface area contributed by atoms with Crippen LogP contribution in [0.3, 0.4) is 0 Å². The van der Waals surface area contributed by atoms with Crippen molar-refractivity contribution in [1.29, 1.82) is 0 Å². The number of aromatic nitrogens is 1. The van der Waals surface area contributed by atoms with Crippen molar-refractivity contribution < 1.29 is 4.79 Å². The third-order valence-electron chi connectivity index (χ3n) is 3.37. The summed E-state index contributed by atoms with van der Waals surface area (Å²) >= 11 is 5.07. The molecule has 0 radical (unpaired) electrons. The van der Waals surface area contributed by atoms with E-state index in [-0.39, 0.29) is 5.91 Å². The minimum atomic E-state index is 0.0182. The highest BCUT2D eigenvalue weighted by atomic mass is 79.9. The predicted molar refractivity (Wildman–Crippen MR) is 95.4 cm³/mol. The van der Waals surface area contributed by atoms with Crippen molar-refractivity contribution in [3.05, 3.63) is 57.5 Å². The summed E-state index contributed by atoms with van der Waals surface area (Å²) in [5.41, 5.74) is 2.91. The first-order valence-corrected chi connectivity index (χ1v) is 8.63. The highest BCUT2D eigenvalue weighted by Crippen LogP contribution is 2.23. The fourth-order valence-corrected chi connectivity index (χ4v) is 3.67. The molecule has 1 heterocycles. The summed E-state index contributed by atoms with van der Waals surface area (Å²) in [5.74, 6) is 0.0182. The Kier molecular flexibility index (Phi) is 4.55. The van der Waals surface area contributed by atoms with Crippen molar-refractivity contribution in [2.24, 2.45) is 0 Å². The van der Waals surface area contributed by atoms with Crippen LogP contribution in [-0.2, 0) is 11.2 Å². The second kappa shape index (κ2) is 6.58. The average Bonchev–Trinajstić information content (AvgIpc) is 2.91. The van der Waals surface area contributed by atoms with Gasteiger partial charge in [0.2, 0.25) is 5.91 Å². The molecule has 0 saturated carbocycles. The molecule has 0 atom stereocenters. The predicted octanol–water partition coefficient (Wildman–Crippen LogP) is 4.94. The van der Waals surface area contributed by atoms with Crippen LogP contribution < -0.4 is 5.32 Å². The molecule has 3 aromatic rings. The Morgan fingerprint density at radius 3 is 2.86 bits per heavy atom. The van der Waals surface area contributed by atoms with Gasteiger partial charge < -0.3 is 5.32 Å². The van der Waals surface area contributed by atoms with E-state index in [1.807, 2.05) is 43.3 Å². The number of aryl methyl sites for hydroxylation is 2. The van der Waals surface area contributed by atoms with E-state index in [4.69, 9.17) is 0 Å². The minimum Gasteiger partial charge on any atom is -0.326 e. The van der Waals surface area contributed by atoms with E-state index < -0.39 is 0 Å². The zero-order valence-corrected chi connectivity index (χ0v) is 14.5. The maximum Gasteiger partial charge on any atom is 0.224 e. The first-order chi connectivity index (χ1) is 10.6. The van der Waals surface area contributed by atoms with Gasteiger partial charge in [0, 0.05) is 23.0 Å². The van der Waals surface area contributed by atoms with E-state index in [1.54, 1.807) is 11.3 Å².